The molecular weight excluding hydrogens is 440 g/mol. The average Bonchev–Trinajstić information content (AvgIpc) is 3.61. The normalized spacial score (nSPS) is 15.3. The summed E-state index contributed by atoms with van der Waals surface area (Å²) >= 11 is 1.55. The molecule has 2 aromatic heterocycles. The quantitative estimate of drug-likeness (QED) is 0.257. The van der Waals surface area contributed by atoms with Gasteiger partial charge in [0.15, 0.2) is 0 Å². The average molecular weight is 463 g/mol. The van der Waals surface area contributed by atoms with E-state index < -0.39 is 17.1 Å². The number of nitro groups is 1. The van der Waals surface area contributed by atoms with Crippen molar-refractivity contribution in [2.45, 2.75) is 30.9 Å². The first-order chi connectivity index (χ1) is 16.0. The highest BCUT2D eigenvalue weighted by Gasteiger charge is 2.30. The molecule has 4 aromatic rings. The predicted molar refractivity (Wildman–Crippen MR) is 127 cm³/mol. The third-order valence-corrected chi connectivity index (χ3v) is 6.70. The number of aromatic nitrogens is 2. The van der Waals surface area contributed by atoms with Crippen molar-refractivity contribution in [3.8, 4) is 11.1 Å². The summed E-state index contributed by atoms with van der Waals surface area (Å²) in [6.45, 7) is -0.354. The number of aliphatic hydroxyl groups excluding tert-OH is 2. The zero-order chi connectivity index (χ0) is 22.9. The molecule has 1 saturated carbocycles. The van der Waals surface area contributed by atoms with Gasteiger partial charge in [0, 0.05) is 29.0 Å². The van der Waals surface area contributed by atoms with Crippen molar-refractivity contribution in [3.05, 3.63) is 81.5 Å². The van der Waals surface area contributed by atoms with E-state index >= 15 is 0 Å². The predicted octanol–water partition coefficient (Wildman–Crippen LogP) is 4.65. The van der Waals surface area contributed by atoms with Gasteiger partial charge in [0.25, 0.3) is 5.69 Å². The van der Waals surface area contributed by atoms with Gasteiger partial charge in [-0.3, -0.25) is 10.1 Å². The minimum atomic E-state index is -1.09. The molecule has 0 amide bonds. The molecule has 9 heteroatoms. The van der Waals surface area contributed by atoms with Gasteiger partial charge in [0.2, 0.25) is 0 Å². The fraction of sp³-hybridized carbons (Fsp3) is 0.250. The van der Waals surface area contributed by atoms with Crippen LogP contribution in [-0.4, -0.2) is 37.8 Å². The molecule has 2 aromatic carbocycles. The van der Waals surface area contributed by atoms with Crippen LogP contribution in [0.5, 0.6) is 0 Å². The summed E-state index contributed by atoms with van der Waals surface area (Å²) in [6, 6.07) is 14.9. The van der Waals surface area contributed by atoms with Crippen molar-refractivity contribution in [3.63, 3.8) is 0 Å². The largest absolute Gasteiger partial charge is 0.394 e. The summed E-state index contributed by atoms with van der Waals surface area (Å²) in [4.78, 5) is 20.9. The lowest BCUT2D eigenvalue weighted by atomic mass is 10.0. The van der Waals surface area contributed by atoms with Crippen molar-refractivity contribution >= 4 is 33.1 Å². The molecule has 1 aliphatic carbocycles. The van der Waals surface area contributed by atoms with Gasteiger partial charge in [-0.05, 0) is 36.1 Å². The molecule has 0 spiro atoms. The topological polar surface area (TPSA) is 121 Å². The Hall–Kier alpha value is -3.40. The summed E-state index contributed by atoms with van der Waals surface area (Å²) in [6.07, 6.45) is 1.01. The van der Waals surface area contributed by atoms with Gasteiger partial charge in [-0.1, -0.05) is 30.3 Å². The molecule has 8 nitrogen and oxygen atoms in total. The van der Waals surface area contributed by atoms with Crippen LogP contribution in [0.15, 0.2) is 60.0 Å². The summed E-state index contributed by atoms with van der Waals surface area (Å²) in [5, 5.41) is 38.1. The Kier molecular flexibility index (Phi) is 5.76. The highest BCUT2D eigenvalue weighted by atomic mass is 32.1. The number of thiophene rings is 1. The summed E-state index contributed by atoms with van der Waals surface area (Å²) in [5.74, 6) is 1.68. The monoisotopic (exact) mass is 462 g/mol. The van der Waals surface area contributed by atoms with E-state index in [9.17, 15) is 20.3 Å². The number of rotatable bonds is 8. The third-order valence-electron chi connectivity index (χ3n) is 5.82. The third kappa shape index (κ3) is 4.30. The van der Waals surface area contributed by atoms with Crippen LogP contribution in [0.4, 0.5) is 11.5 Å². The van der Waals surface area contributed by atoms with Gasteiger partial charge >= 0.3 is 0 Å². The second-order valence-electron chi connectivity index (χ2n) is 8.13. The molecule has 0 aliphatic heterocycles. The molecule has 1 fully saturated rings. The smallest absolute Gasteiger partial charge is 0.269 e. The van der Waals surface area contributed by atoms with Crippen LogP contribution in [0.3, 0.4) is 0 Å². The second-order valence-corrected chi connectivity index (χ2v) is 8.99. The van der Waals surface area contributed by atoms with Crippen LogP contribution >= 0.6 is 11.3 Å². The number of non-ortho nitro benzene ring substituents is 1. The fourth-order valence-electron chi connectivity index (χ4n) is 3.84. The molecule has 168 valence electrons. The van der Waals surface area contributed by atoms with Gasteiger partial charge in [-0.2, -0.15) is 0 Å². The Morgan fingerprint density at radius 1 is 1.12 bits per heavy atom. The Labute approximate surface area is 193 Å². The first-order valence-electron chi connectivity index (χ1n) is 10.7. The Bertz CT molecular complexity index is 1290. The molecule has 1 aliphatic rings. The Morgan fingerprint density at radius 2 is 1.85 bits per heavy atom. The van der Waals surface area contributed by atoms with Crippen LogP contribution < -0.4 is 5.32 Å². The summed E-state index contributed by atoms with van der Waals surface area (Å²) in [5.41, 5.74) is 2.43. The van der Waals surface area contributed by atoms with Gasteiger partial charge in [0.05, 0.1) is 23.0 Å². The lowest BCUT2D eigenvalue weighted by Gasteiger charge is -2.24. The van der Waals surface area contributed by atoms with Crippen molar-refractivity contribution in [1.82, 2.24) is 9.97 Å². The van der Waals surface area contributed by atoms with Crippen LogP contribution in [0, 0.1) is 10.1 Å². The first-order valence-corrected chi connectivity index (χ1v) is 11.6. The molecule has 2 heterocycles. The van der Waals surface area contributed by atoms with E-state index in [1.165, 1.54) is 24.3 Å². The van der Waals surface area contributed by atoms with E-state index in [1.54, 1.807) is 11.3 Å². The van der Waals surface area contributed by atoms with Crippen molar-refractivity contribution < 1.29 is 15.1 Å². The number of benzene rings is 2. The zero-order valence-electron chi connectivity index (χ0n) is 17.6. The van der Waals surface area contributed by atoms with E-state index in [2.05, 4.69) is 10.7 Å². The lowest BCUT2D eigenvalue weighted by Crippen LogP contribution is -2.31. The van der Waals surface area contributed by atoms with Crippen molar-refractivity contribution in [1.29, 1.82) is 0 Å². The maximum absolute atomic E-state index is 10.9. The minimum Gasteiger partial charge on any atom is -0.394 e. The number of aliphatic hydroxyl groups is 2. The first kappa shape index (κ1) is 21.4. The number of anilines is 1. The summed E-state index contributed by atoms with van der Waals surface area (Å²) < 4.78 is 0. The number of hydrogen-bond acceptors (Lipinski definition) is 8. The molecule has 2 atom stereocenters. The van der Waals surface area contributed by atoms with E-state index in [-0.39, 0.29) is 12.3 Å². The highest BCUT2D eigenvalue weighted by Crippen LogP contribution is 2.43. The number of nitrogens with zero attached hydrogens (tertiary/aromatic N) is 3. The van der Waals surface area contributed by atoms with E-state index in [0.717, 1.165) is 40.0 Å². The van der Waals surface area contributed by atoms with Gasteiger partial charge in [0.1, 0.15) is 22.6 Å². The lowest BCUT2D eigenvalue weighted by molar-refractivity contribution is -0.384. The molecule has 0 unspecified atom stereocenters. The maximum atomic E-state index is 10.9. The fourth-order valence-corrected chi connectivity index (χ4v) is 4.80. The Balaban J connectivity index is 1.53. The zero-order valence-corrected chi connectivity index (χ0v) is 18.4. The molecule has 33 heavy (non-hydrogen) atoms. The molecular formula is C24H22N4O4S. The van der Waals surface area contributed by atoms with Gasteiger partial charge in [-0.15, -0.1) is 11.3 Å². The maximum Gasteiger partial charge on any atom is 0.269 e. The summed E-state index contributed by atoms with van der Waals surface area (Å²) in [7, 11) is 0. The molecule has 3 N–H and O–H groups in total. The molecule has 0 saturated heterocycles. The molecule has 0 bridgehead atoms. The number of nitrogens with one attached hydrogen (secondary N) is 1. The highest BCUT2D eigenvalue weighted by molar-refractivity contribution is 7.17. The van der Waals surface area contributed by atoms with Gasteiger partial charge in [-0.25, -0.2) is 9.97 Å². The molecule has 5 rings (SSSR count). The minimum absolute atomic E-state index is 0.0585. The van der Waals surface area contributed by atoms with Crippen LogP contribution in [0.1, 0.15) is 36.3 Å². The standard InChI is InChI=1S/C24H22N4O4S/c29-12-19(21(30)15-8-10-17(11-9-15)28(31)32)25-23-20-18(14-4-2-1-3-5-14)13-33-24(20)27-22(26-23)16-6-7-16/h1-5,8-11,13,16,19,21,29-30H,6-7,12H2,(H,25,26,27)/t19-,21+/m1/s1. The SMILES string of the molecule is O=[N+]([O-])c1ccc([C@H](O)[C@@H](CO)Nc2nc(C3CC3)nc3scc(-c4ccccc4)c23)cc1. The van der Waals surface area contributed by atoms with Gasteiger partial charge < -0.3 is 15.5 Å². The number of hydrogen-bond donors (Lipinski definition) is 3. The number of fused-ring (bicyclic) bond motifs is 1. The number of nitro benzene ring substituents is 1. The van der Waals surface area contributed by atoms with Crippen LogP contribution in [-0.2, 0) is 0 Å². The van der Waals surface area contributed by atoms with E-state index in [1.807, 2.05) is 30.3 Å². The van der Waals surface area contributed by atoms with Crippen LogP contribution in [0.2, 0.25) is 0 Å². The second kappa shape index (κ2) is 8.86. The Morgan fingerprint density at radius 3 is 2.48 bits per heavy atom. The van der Waals surface area contributed by atoms with E-state index in [4.69, 9.17) is 9.97 Å². The van der Waals surface area contributed by atoms with Crippen molar-refractivity contribution in [2.75, 3.05) is 11.9 Å². The van der Waals surface area contributed by atoms with Crippen LogP contribution in [0.25, 0.3) is 21.3 Å². The van der Waals surface area contributed by atoms with Crippen molar-refractivity contribution in [2.24, 2.45) is 0 Å². The molecule has 0 radical (unpaired) electrons. The van der Waals surface area contributed by atoms with E-state index in [0.29, 0.717) is 17.3 Å².